The lowest BCUT2D eigenvalue weighted by atomic mass is 10.1. The van der Waals surface area contributed by atoms with Crippen LogP contribution < -0.4 is 10.2 Å². The van der Waals surface area contributed by atoms with Crippen LogP contribution in [0.3, 0.4) is 0 Å². The van der Waals surface area contributed by atoms with Gasteiger partial charge in [0.05, 0.1) is 18.6 Å². The number of ether oxygens (including phenoxy) is 1. The summed E-state index contributed by atoms with van der Waals surface area (Å²) in [5.74, 6) is 2.69. The van der Waals surface area contributed by atoms with Crippen molar-refractivity contribution in [1.29, 1.82) is 0 Å². The Labute approximate surface area is 142 Å². The van der Waals surface area contributed by atoms with Gasteiger partial charge in [-0.2, -0.15) is 0 Å². The van der Waals surface area contributed by atoms with Gasteiger partial charge in [0, 0.05) is 12.8 Å². The van der Waals surface area contributed by atoms with Crippen LogP contribution in [0, 0.1) is 0 Å². The van der Waals surface area contributed by atoms with E-state index in [9.17, 15) is 0 Å². The van der Waals surface area contributed by atoms with E-state index < -0.39 is 0 Å². The molecule has 0 saturated heterocycles. The maximum atomic E-state index is 6.08. The van der Waals surface area contributed by atoms with Gasteiger partial charge in [-0.25, -0.2) is 0 Å². The van der Waals surface area contributed by atoms with Gasteiger partial charge in [0.25, 0.3) is 7.11 Å². The van der Waals surface area contributed by atoms with Gasteiger partial charge >= 0.3 is 5.43 Å². The second-order valence-corrected chi connectivity index (χ2v) is 5.65. The molecule has 3 aromatic rings. The van der Waals surface area contributed by atoms with Gasteiger partial charge in [0.1, 0.15) is 22.7 Å². The third-order valence-electron chi connectivity index (χ3n) is 4.31. The molecule has 0 aliphatic carbocycles. The molecule has 0 N–H and O–H groups in total. The van der Waals surface area contributed by atoms with Gasteiger partial charge in [-0.3, -0.25) is 4.42 Å². The molecule has 3 nitrogen and oxygen atoms in total. The second-order valence-electron chi connectivity index (χ2n) is 5.65. The first-order valence-electron chi connectivity index (χ1n) is 8.32. The van der Waals surface area contributed by atoms with Crippen molar-refractivity contribution in [3.63, 3.8) is 0 Å². The van der Waals surface area contributed by atoms with Crippen LogP contribution in [0.25, 0.3) is 21.9 Å². The molecule has 0 aliphatic rings. The summed E-state index contributed by atoms with van der Waals surface area (Å²) in [6.45, 7) is 4.18. The molecule has 1 aromatic heterocycles. The van der Waals surface area contributed by atoms with Crippen molar-refractivity contribution < 1.29 is 9.15 Å². The molecule has 0 amide bonds. The highest BCUT2D eigenvalue weighted by Crippen LogP contribution is 2.34. The van der Waals surface area contributed by atoms with Crippen LogP contribution in [0.1, 0.15) is 25.4 Å². The molecule has 0 radical (unpaired) electrons. The molecule has 24 heavy (non-hydrogen) atoms. The Morgan fingerprint density at radius 3 is 2.17 bits per heavy atom. The number of hydrogen-bond acceptors (Lipinski definition) is 2. The van der Waals surface area contributed by atoms with E-state index >= 15 is 0 Å². The van der Waals surface area contributed by atoms with E-state index in [2.05, 4.69) is 38.1 Å². The predicted molar refractivity (Wildman–Crippen MR) is 99.2 cm³/mol. The molecule has 0 spiro atoms. The lowest BCUT2D eigenvalue weighted by Gasteiger charge is -2.01. The van der Waals surface area contributed by atoms with Gasteiger partial charge < -0.3 is 9.15 Å². The third-order valence-corrected chi connectivity index (χ3v) is 4.31. The zero-order valence-electron chi connectivity index (χ0n) is 14.7. The number of hydrogen-bond donors (Lipinski definition) is 0. The molecule has 3 heteroatoms. The molecule has 0 saturated carbocycles. The summed E-state index contributed by atoms with van der Waals surface area (Å²) in [4.78, 5) is 0. The number of furan rings is 1. The Kier molecular flexibility index (Phi) is 4.70. The van der Waals surface area contributed by atoms with Crippen LogP contribution in [0.5, 0.6) is 5.75 Å². The minimum atomic E-state index is 0.806. The van der Waals surface area contributed by atoms with Crippen molar-refractivity contribution in [3.8, 4) is 16.9 Å². The minimum absolute atomic E-state index is 0.806. The van der Waals surface area contributed by atoms with E-state index in [0.29, 0.717) is 0 Å². The van der Waals surface area contributed by atoms with Gasteiger partial charge in [0.2, 0.25) is 0 Å². The molecule has 0 atom stereocenters. The SMILES string of the molecule is CCc1oc(CC)c2c(=[O+]C)cc(-c3ccccc3)cc(OC)c12. The van der Waals surface area contributed by atoms with Gasteiger partial charge in [0.15, 0.2) is 0 Å². The molecule has 124 valence electrons. The summed E-state index contributed by atoms with van der Waals surface area (Å²) in [6.07, 6.45) is 1.61. The zero-order chi connectivity index (χ0) is 17.1. The van der Waals surface area contributed by atoms with Crippen molar-refractivity contribution in [2.45, 2.75) is 26.7 Å². The zero-order valence-corrected chi connectivity index (χ0v) is 14.7. The maximum Gasteiger partial charge on any atom is 0.355 e. The Morgan fingerprint density at radius 1 is 0.917 bits per heavy atom. The van der Waals surface area contributed by atoms with Crippen molar-refractivity contribution in [1.82, 2.24) is 0 Å². The quantitative estimate of drug-likeness (QED) is 0.649. The van der Waals surface area contributed by atoms with E-state index in [1.54, 1.807) is 14.2 Å². The van der Waals surface area contributed by atoms with Crippen LogP contribution in [0.15, 0.2) is 51.3 Å². The average Bonchev–Trinajstić information content (AvgIpc) is 2.92. The number of fused-ring (bicyclic) bond motifs is 1. The second kappa shape index (κ2) is 6.91. The highest BCUT2D eigenvalue weighted by atomic mass is 16.5. The molecule has 0 fully saturated rings. The molecule has 2 aromatic carbocycles. The number of methoxy groups -OCH3 is 1. The topological polar surface area (TPSA) is 33.7 Å². The summed E-state index contributed by atoms with van der Waals surface area (Å²) in [6, 6.07) is 14.4. The fourth-order valence-electron chi connectivity index (χ4n) is 3.14. The first-order chi connectivity index (χ1) is 11.7. The summed E-state index contributed by atoms with van der Waals surface area (Å²) in [7, 11) is 3.40. The fraction of sp³-hybridized carbons (Fsp3) is 0.286. The molecular formula is C21H23O3+. The van der Waals surface area contributed by atoms with Crippen molar-refractivity contribution in [3.05, 3.63) is 63.8 Å². The van der Waals surface area contributed by atoms with E-state index in [1.807, 2.05) is 18.2 Å². The maximum absolute atomic E-state index is 6.08. The Morgan fingerprint density at radius 2 is 1.58 bits per heavy atom. The molecule has 0 bridgehead atoms. The van der Waals surface area contributed by atoms with Crippen LogP contribution in [0.4, 0.5) is 0 Å². The lowest BCUT2D eigenvalue weighted by molar-refractivity contribution is 0.418. The molecule has 0 aliphatic heterocycles. The summed E-state index contributed by atoms with van der Waals surface area (Å²) in [5.41, 5.74) is 3.00. The third kappa shape index (κ3) is 2.71. The normalized spacial score (nSPS) is 11.9. The Balaban J connectivity index is 2.50. The highest BCUT2D eigenvalue weighted by molar-refractivity contribution is 5.93. The van der Waals surface area contributed by atoms with E-state index in [-0.39, 0.29) is 0 Å². The van der Waals surface area contributed by atoms with Crippen molar-refractivity contribution in [2.75, 3.05) is 14.2 Å². The predicted octanol–water partition coefficient (Wildman–Crippen LogP) is 4.76. The van der Waals surface area contributed by atoms with Crippen LogP contribution in [0.2, 0.25) is 0 Å². The Hall–Kier alpha value is -2.55. The lowest BCUT2D eigenvalue weighted by Crippen LogP contribution is -2.00. The van der Waals surface area contributed by atoms with Crippen LogP contribution >= 0.6 is 0 Å². The Bertz CT molecular complexity index is 921. The number of aryl methyl sites for hydroxylation is 2. The molecule has 3 rings (SSSR count). The van der Waals surface area contributed by atoms with Crippen molar-refractivity contribution >= 4 is 10.8 Å². The van der Waals surface area contributed by atoms with Gasteiger partial charge in [-0.05, 0) is 17.2 Å². The van der Waals surface area contributed by atoms with Gasteiger partial charge in [-0.1, -0.05) is 44.2 Å². The molecular weight excluding hydrogens is 300 g/mol. The fourth-order valence-corrected chi connectivity index (χ4v) is 3.14. The highest BCUT2D eigenvalue weighted by Gasteiger charge is 2.21. The number of rotatable bonds is 4. The number of benzene rings is 1. The first-order valence-corrected chi connectivity index (χ1v) is 8.32. The summed E-state index contributed by atoms with van der Waals surface area (Å²) < 4.78 is 17.5. The van der Waals surface area contributed by atoms with Crippen LogP contribution in [-0.2, 0) is 12.8 Å². The van der Waals surface area contributed by atoms with Crippen molar-refractivity contribution in [2.24, 2.45) is 0 Å². The van der Waals surface area contributed by atoms with E-state index in [4.69, 9.17) is 13.6 Å². The molecule has 1 heterocycles. The minimum Gasteiger partial charge on any atom is -0.496 e. The summed E-state index contributed by atoms with van der Waals surface area (Å²) in [5, 5.41) is 2.02. The largest absolute Gasteiger partial charge is 0.496 e. The monoisotopic (exact) mass is 323 g/mol. The average molecular weight is 323 g/mol. The van der Waals surface area contributed by atoms with Crippen LogP contribution in [-0.4, -0.2) is 14.2 Å². The van der Waals surface area contributed by atoms with E-state index in [0.717, 1.165) is 57.4 Å². The van der Waals surface area contributed by atoms with E-state index in [1.165, 1.54) is 0 Å². The first kappa shape index (κ1) is 16.3. The molecule has 0 unspecified atom stereocenters. The smallest absolute Gasteiger partial charge is 0.355 e. The standard InChI is InChI=1S/C21H23O3/c1-5-16-20-18(22-3)12-15(14-10-8-7-9-11-14)13-19(23-4)21(20)17(6-2)24-16/h7-13H,5-6H2,1-4H3/q+1. The summed E-state index contributed by atoms with van der Waals surface area (Å²) >= 11 is 0. The van der Waals surface area contributed by atoms with Gasteiger partial charge in [-0.15, -0.1) is 0 Å².